The summed E-state index contributed by atoms with van der Waals surface area (Å²) in [4.78, 5) is 11.7. The van der Waals surface area contributed by atoms with Crippen molar-refractivity contribution in [3.63, 3.8) is 0 Å². The van der Waals surface area contributed by atoms with Gasteiger partial charge in [-0.1, -0.05) is 0 Å². The average Bonchev–Trinajstić information content (AvgIpc) is 2.43. The molecular weight excluding hydrogens is 352 g/mol. The number of nitrogens with one attached hydrogen (secondary N) is 2. The van der Waals surface area contributed by atoms with Crippen LogP contribution in [0.4, 0.5) is 8.78 Å². The Hall–Kier alpha value is -1.29. The second-order valence-corrected chi connectivity index (χ2v) is 6.76. The number of nitrogens with two attached hydrogens (primary N) is 1. The lowest BCUT2D eigenvalue weighted by Gasteiger charge is -2.14. The number of amides is 1. The van der Waals surface area contributed by atoms with Gasteiger partial charge >= 0.3 is 0 Å². The van der Waals surface area contributed by atoms with Crippen LogP contribution in [0, 0.1) is 0 Å². The lowest BCUT2D eigenvalue weighted by molar-refractivity contribution is 0.0118. The fourth-order valence-corrected chi connectivity index (χ4v) is 2.80. The van der Waals surface area contributed by atoms with Crippen molar-refractivity contribution < 1.29 is 22.0 Å². The van der Waals surface area contributed by atoms with Crippen LogP contribution < -0.4 is 15.8 Å². The maximum Gasteiger partial charge on any atom is 0.277 e. The molecule has 0 radical (unpaired) electrons. The Bertz CT molecular complexity index is 622. The summed E-state index contributed by atoms with van der Waals surface area (Å²) in [5.74, 6) is -3.91. The Labute approximate surface area is 140 Å². The molecule has 0 heterocycles. The highest BCUT2D eigenvalue weighted by Crippen LogP contribution is 2.12. The van der Waals surface area contributed by atoms with Crippen molar-refractivity contribution in [3.8, 4) is 0 Å². The second-order valence-electron chi connectivity index (χ2n) is 5.04. The lowest BCUT2D eigenvalue weighted by atomic mass is 10.2. The van der Waals surface area contributed by atoms with Gasteiger partial charge in [-0.15, -0.1) is 12.4 Å². The van der Waals surface area contributed by atoms with Crippen LogP contribution in [0.25, 0.3) is 0 Å². The van der Waals surface area contributed by atoms with Gasteiger partial charge < -0.3 is 11.1 Å². The normalized spacial score (nSPS) is 11.9. The van der Waals surface area contributed by atoms with Crippen molar-refractivity contribution >= 4 is 28.3 Å². The van der Waals surface area contributed by atoms with Crippen LogP contribution in [0.5, 0.6) is 0 Å². The van der Waals surface area contributed by atoms with Gasteiger partial charge in [0.2, 0.25) is 10.0 Å². The summed E-state index contributed by atoms with van der Waals surface area (Å²) in [6.07, 6.45) is 0. The summed E-state index contributed by atoms with van der Waals surface area (Å²) in [6.45, 7) is 1.61. The first-order valence-corrected chi connectivity index (χ1v) is 8.04. The van der Waals surface area contributed by atoms with Crippen LogP contribution in [-0.2, 0) is 10.0 Å². The Morgan fingerprint density at radius 1 is 1.26 bits per heavy atom. The zero-order valence-corrected chi connectivity index (χ0v) is 14.3. The molecule has 0 atom stereocenters. The van der Waals surface area contributed by atoms with Gasteiger partial charge in [0, 0.05) is 11.6 Å². The molecule has 0 aliphatic rings. The van der Waals surface area contributed by atoms with Gasteiger partial charge in [-0.3, -0.25) is 4.79 Å². The van der Waals surface area contributed by atoms with Crippen LogP contribution in [-0.4, -0.2) is 39.4 Å². The minimum Gasteiger partial charge on any atom is -0.346 e. The highest BCUT2D eigenvalue weighted by molar-refractivity contribution is 7.89. The third-order valence-electron chi connectivity index (χ3n) is 2.62. The predicted molar refractivity (Wildman–Crippen MR) is 85.5 cm³/mol. The molecule has 0 fully saturated rings. The Kier molecular flexibility index (Phi) is 8.05. The van der Waals surface area contributed by atoms with E-state index < -0.39 is 34.9 Å². The number of carbonyl (C=O) groups is 1. The number of hydrogen-bond acceptors (Lipinski definition) is 4. The fraction of sp³-hybridized carbons (Fsp3) is 0.462. The minimum absolute atomic E-state index is 0. The van der Waals surface area contributed by atoms with Crippen LogP contribution in [0.3, 0.4) is 0 Å². The molecule has 1 rings (SSSR count). The van der Waals surface area contributed by atoms with Crippen LogP contribution >= 0.6 is 12.4 Å². The van der Waals surface area contributed by atoms with E-state index in [1.165, 1.54) is 24.3 Å². The largest absolute Gasteiger partial charge is 0.346 e. The monoisotopic (exact) mass is 371 g/mol. The van der Waals surface area contributed by atoms with Crippen molar-refractivity contribution in [1.82, 2.24) is 10.0 Å². The van der Waals surface area contributed by atoms with Gasteiger partial charge in [0.25, 0.3) is 11.8 Å². The second kappa shape index (κ2) is 8.53. The molecule has 132 valence electrons. The molecule has 1 aromatic rings. The zero-order valence-electron chi connectivity index (χ0n) is 12.7. The zero-order chi connectivity index (χ0) is 17.0. The number of sulfonamides is 1. The fourth-order valence-electron chi connectivity index (χ4n) is 1.55. The van der Waals surface area contributed by atoms with Crippen LogP contribution in [0.15, 0.2) is 29.2 Å². The summed E-state index contributed by atoms with van der Waals surface area (Å²) in [5.41, 5.74) is 4.94. The maximum absolute atomic E-state index is 12.9. The van der Waals surface area contributed by atoms with E-state index in [1.807, 2.05) is 5.32 Å². The molecule has 6 nitrogen and oxygen atoms in total. The number of halogens is 3. The smallest absolute Gasteiger partial charge is 0.277 e. The molecule has 0 bridgehead atoms. The van der Waals surface area contributed by atoms with Crippen LogP contribution in [0.2, 0.25) is 0 Å². The SMILES string of the molecule is CC(C)NS(=O)(=O)c1ccc(C(=O)NCC(F)(F)CN)cc1.Cl. The quantitative estimate of drug-likeness (QED) is 0.668. The summed E-state index contributed by atoms with van der Waals surface area (Å²) in [7, 11) is -3.66. The molecular formula is C13H20ClF2N3O3S. The predicted octanol–water partition coefficient (Wildman–Crippen LogP) is 1.12. The van der Waals surface area contributed by atoms with E-state index in [9.17, 15) is 22.0 Å². The molecule has 23 heavy (non-hydrogen) atoms. The first-order valence-electron chi connectivity index (χ1n) is 6.56. The summed E-state index contributed by atoms with van der Waals surface area (Å²) in [5, 5.41) is 2.05. The van der Waals surface area contributed by atoms with E-state index in [0.717, 1.165) is 0 Å². The molecule has 0 saturated heterocycles. The molecule has 0 aliphatic carbocycles. The number of hydrogen-bond donors (Lipinski definition) is 3. The summed E-state index contributed by atoms with van der Waals surface area (Å²) < 4.78 is 52.1. The van der Waals surface area contributed by atoms with Crippen molar-refractivity contribution in [2.24, 2.45) is 5.73 Å². The molecule has 1 aromatic carbocycles. The molecule has 0 saturated carbocycles. The number of benzene rings is 1. The minimum atomic E-state index is -3.66. The van der Waals surface area contributed by atoms with E-state index in [-0.39, 0.29) is 28.9 Å². The standard InChI is InChI=1S/C13H19F2N3O3S.ClH/c1-9(2)18-22(20,21)11-5-3-10(4-6-11)12(19)17-8-13(14,15)7-16;/h3-6,9,18H,7-8,16H2,1-2H3,(H,17,19);1H. The van der Waals surface area contributed by atoms with Crippen LogP contribution in [0.1, 0.15) is 24.2 Å². The molecule has 0 spiro atoms. The molecule has 4 N–H and O–H groups in total. The van der Waals surface area contributed by atoms with Crippen molar-refractivity contribution in [3.05, 3.63) is 29.8 Å². The third kappa shape index (κ3) is 6.78. The number of carbonyl (C=O) groups excluding carboxylic acids is 1. The van der Waals surface area contributed by atoms with Gasteiger partial charge in [0.05, 0.1) is 18.0 Å². The number of alkyl halides is 2. The average molecular weight is 372 g/mol. The van der Waals surface area contributed by atoms with Gasteiger partial charge in [-0.2, -0.15) is 0 Å². The van der Waals surface area contributed by atoms with Gasteiger partial charge in [0.1, 0.15) is 0 Å². The van der Waals surface area contributed by atoms with Crippen molar-refractivity contribution in [2.75, 3.05) is 13.1 Å². The van der Waals surface area contributed by atoms with Gasteiger partial charge in [-0.25, -0.2) is 21.9 Å². The molecule has 10 heteroatoms. The molecule has 0 unspecified atom stereocenters. The summed E-state index contributed by atoms with van der Waals surface area (Å²) >= 11 is 0. The summed E-state index contributed by atoms with van der Waals surface area (Å²) in [6, 6.07) is 4.71. The Morgan fingerprint density at radius 3 is 2.22 bits per heavy atom. The molecule has 0 aromatic heterocycles. The van der Waals surface area contributed by atoms with Gasteiger partial charge in [-0.05, 0) is 38.1 Å². The van der Waals surface area contributed by atoms with E-state index in [0.29, 0.717) is 0 Å². The van der Waals surface area contributed by atoms with Crippen molar-refractivity contribution in [2.45, 2.75) is 30.7 Å². The van der Waals surface area contributed by atoms with E-state index >= 15 is 0 Å². The van der Waals surface area contributed by atoms with E-state index in [4.69, 9.17) is 5.73 Å². The Balaban J connectivity index is 0.00000484. The highest BCUT2D eigenvalue weighted by Gasteiger charge is 2.27. The highest BCUT2D eigenvalue weighted by atomic mass is 35.5. The maximum atomic E-state index is 12.9. The first-order chi connectivity index (χ1) is 10.1. The number of rotatable bonds is 7. The molecule has 1 amide bonds. The van der Waals surface area contributed by atoms with E-state index in [2.05, 4.69) is 4.72 Å². The Morgan fingerprint density at radius 2 is 1.78 bits per heavy atom. The molecule has 0 aliphatic heterocycles. The first kappa shape index (κ1) is 21.7. The van der Waals surface area contributed by atoms with E-state index in [1.54, 1.807) is 13.8 Å². The topological polar surface area (TPSA) is 101 Å². The third-order valence-corrected chi connectivity index (χ3v) is 4.30. The lowest BCUT2D eigenvalue weighted by Crippen LogP contribution is -2.41. The van der Waals surface area contributed by atoms with Gasteiger partial charge in [0.15, 0.2) is 0 Å². The van der Waals surface area contributed by atoms with Crippen molar-refractivity contribution in [1.29, 1.82) is 0 Å².